The molecule has 3 rings (SSSR count). The summed E-state index contributed by atoms with van der Waals surface area (Å²) in [5.41, 5.74) is 4.22. The van der Waals surface area contributed by atoms with Crippen LogP contribution in [-0.4, -0.2) is 31.6 Å². The summed E-state index contributed by atoms with van der Waals surface area (Å²) < 4.78 is 5.01. The van der Waals surface area contributed by atoms with Gasteiger partial charge in [0.05, 0.1) is 30.1 Å². The van der Waals surface area contributed by atoms with Crippen molar-refractivity contribution in [3.8, 4) is 0 Å². The lowest BCUT2D eigenvalue weighted by atomic mass is 10.0. The van der Waals surface area contributed by atoms with E-state index in [0.717, 1.165) is 36.2 Å². The van der Waals surface area contributed by atoms with Crippen LogP contribution in [0.5, 0.6) is 0 Å². The number of fused-ring (bicyclic) bond motifs is 1. The number of hydrogen-bond acceptors (Lipinski definition) is 4. The first kappa shape index (κ1) is 19.6. The highest BCUT2D eigenvalue weighted by Gasteiger charge is 2.32. The van der Waals surface area contributed by atoms with Crippen LogP contribution in [0.3, 0.4) is 0 Å². The third-order valence-corrected chi connectivity index (χ3v) is 6.38. The molecule has 0 fully saturated rings. The van der Waals surface area contributed by atoms with Crippen molar-refractivity contribution in [3.05, 3.63) is 50.9 Å². The van der Waals surface area contributed by atoms with Crippen LogP contribution < -0.4 is 10.2 Å². The van der Waals surface area contributed by atoms with E-state index in [1.165, 1.54) is 28.2 Å². The van der Waals surface area contributed by atoms with Crippen LogP contribution in [0.4, 0.5) is 5.00 Å². The van der Waals surface area contributed by atoms with Gasteiger partial charge >= 0.3 is 5.97 Å². The van der Waals surface area contributed by atoms with Crippen LogP contribution in [0.15, 0.2) is 18.2 Å². The second-order valence-electron chi connectivity index (χ2n) is 7.46. The summed E-state index contributed by atoms with van der Waals surface area (Å²) in [5.74, 6) is -0.569. The number of esters is 1. The number of rotatable bonds is 4. The summed E-state index contributed by atoms with van der Waals surface area (Å²) in [6.45, 7) is 10.2. The van der Waals surface area contributed by atoms with Crippen LogP contribution in [0.25, 0.3) is 0 Å². The molecule has 1 aliphatic heterocycles. The van der Waals surface area contributed by atoms with Crippen molar-refractivity contribution in [3.63, 3.8) is 0 Å². The average Bonchev–Trinajstić information content (AvgIpc) is 2.97. The highest BCUT2D eigenvalue weighted by molar-refractivity contribution is 7.17. The lowest BCUT2D eigenvalue weighted by Crippen LogP contribution is -3.14. The van der Waals surface area contributed by atoms with Crippen molar-refractivity contribution in [2.24, 2.45) is 0 Å². The van der Waals surface area contributed by atoms with E-state index in [4.69, 9.17) is 4.74 Å². The molecule has 1 aliphatic rings. The molecule has 0 spiro atoms. The number of hydrogen-bond donors (Lipinski definition) is 2. The molecule has 1 atom stereocenters. The van der Waals surface area contributed by atoms with Gasteiger partial charge in [-0.1, -0.05) is 17.7 Å². The number of nitrogens with one attached hydrogen (secondary N) is 2. The summed E-state index contributed by atoms with van der Waals surface area (Å²) in [6.07, 6.45) is 0.823. The SMILES string of the molecule is COC(=O)c1c(NC(=O)c2ccc(C)cc2C)sc2c1CC[NH+](C(C)C)C2. The Kier molecular flexibility index (Phi) is 5.67. The van der Waals surface area contributed by atoms with Gasteiger partial charge < -0.3 is 15.0 Å². The molecule has 144 valence electrons. The normalized spacial score (nSPS) is 16.1. The molecule has 2 heterocycles. The zero-order chi connectivity index (χ0) is 19.7. The Labute approximate surface area is 164 Å². The molecule has 1 aromatic heterocycles. The van der Waals surface area contributed by atoms with Gasteiger partial charge in [0.25, 0.3) is 5.91 Å². The van der Waals surface area contributed by atoms with E-state index >= 15 is 0 Å². The maximum atomic E-state index is 12.8. The second-order valence-corrected chi connectivity index (χ2v) is 8.57. The molecule has 2 N–H and O–H groups in total. The lowest BCUT2D eigenvalue weighted by Gasteiger charge is -2.27. The number of amides is 1. The van der Waals surface area contributed by atoms with Crippen molar-refractivity contribution in [2.75, 3.05) is 19.0 Å². The van der Waals surface area contributed by atoms with Crippen molar-refractivity contribution in [1.82, 2.24) is 0 Å². The number of carbonyl (C=O) groups excluding carboxylic acids is 2. The number of carbonyl (C=O) groups is 2. The fourth-order valence-corrected chi connectivity index (χ4v) is 4.92. The Bertz CT molecular complexity index is 886. The van der Waals surface area contributed by atoms with E-state index in [1.54, 1.807) is 0 Å². The first-order valence-corrected chi connectivity index (χ1v) is 10.1. The molecule has 2 aromatic rings. The van der Waals surface area contributed by atoms with Crippen molar-refractivity contribution in [1.29, 1.82) is 0 Å². The Morgan fingerprint density at radius 1 is 1.26 bits per heavy atom. The molecule has 1 unspecified atom stereocenters. The van der Waals surface area contributed by atoms with Crippen molar-refractivity contribution in [2.45, 2.75) is 46.7 Å². The fourth-order valence-electron chi connectivity index (χ4n) is 3.64. The minimum absolute atomic E-state index is 0.190. The summed E-state index contributed by atoms with van der Waals surface area (Å²) in [4.78, 5) is 27.9. The molecule has 0 saturated carbocycles. The van der Waals surface area contributed by atoms with Gasteiger partial charge in [-0.15, -0.1) is 11.3 Å². The number of aryl methyl sites for hydroxylation is 2. The van der Waals surface area contributed by atoms with E-state index in [-0.39, 0.29) is 11.9 Å². The number of methoxy groups -OCH3 is 1. The first-order valence-electron chi connectivity index (χ1n) is 9.27. The highest BCUT2D eigenvalue weighted by atomic mass is 32.1. The summed E-state index contributed by atoms with van der Waals surface area (Å²) >= 11 is 1.51. The molecule has 0 saturated heterocycles. The van der Waals surface area contributed by atoms with Crippen molar-refractivity contribution >= 4 is 28.2 Å². The summed E-state index contributed by atoms with van der Waals surface area (Å²) in [7, 11) is 1.39. The van der Waals surface area contributed by atoms with Crippen LogP contribution in [-0.2, 0) is 17.7 Å². The average molecular weight is 388 g/mol. The van der Waals surface area contributed by atoms with Gasteiger partial charge in [-0.2, -0.15) is 0 Å². The number of ether oxygens (including phenoxy) is 1. The maximum absolute atomic E-state index is 12.8. The van der Waals surface area contributed by atoms with Gasteiger partial charge in [0.15, 0.2) is 0 Å². The minimum atomic E-state index is -0.378. The molecule has 1 amide bonds. The van der Waals surface area contributed by atoms with Gasteiger partial charge in [-0.25, -0.2) is 4.79 Å². The largest absolute Gasteiger partial charge is 0.465 e. The predicted octanol–water partition coefficient (Wildman–Crippen LogP) is 2.75. The Hall–Kier alpha value is -2.18. The second kappa shape index (κ2) is 7.82. The zero-order valence-electron chi connectivity index (χ0n) is 16.6. The van der Waals surface area contributed by atoms with Gasteiger partial charge in [0.2, 0.25) is 0 Å². The molecular weight excluding hydrogens is 360 g/mol. The Morgan fingerprint density at radius 2 is 2.00 bits per heavy atom. The van der Waals surface area contributed by atoms with E-state index in [0.29, 0.717) is 22.2 Å². The third kappa shape index (κ3) is 3.92. The molecule has 1 aromatic carbocycles. The van der Waals surface area contributed by atoms with E-state index in [2.05, 4.69) is 19.2 Å². The molecule has 0 aliphatic carbocycles. The quantitative estimate of drug-likeness (QED) is 0.793. The summed E-state index contributed by atoms with van der Waals surface area (Å²) in [6, 6.07) is 6.26. The summed E-state index contributed by atoms with van der Waals surface area (Å²) in [5, 5.41) is 3.57. The topological polar surface area (TPSA) is 59.8 Å². The van der Waals surface area contributed by atoms with Gasteiger partial charge in [-0.3, -0.25) is 4.79 Å². The smallest absolute Gasteiger partial charge is 0.341 e. The third-order valence-electron chi connectivity index (χ3n) is 5.23. The standard InChI is InChI=1S/C21H26N2O3S/c1-12(2)23-9-8-16-17(11-23)27-20(18(16)21(25)26-5)22-19(24)15-7-6-13(3)10-14(15)4/h6-7,10,12H,8-9,11H2,1-5H3,(H,22,24)/p+1. The molecule has 0 radical (unpaired) electrons. The van der Waals surface area contributed by atoms with E-state index in [9.17, 15) is 9.59 Å². The lowest BCUT2D eigenvalue weighted by molar-refractivity contribution is -0.936. The van der Waals surface area contributed by atoms with Crippen LogP contribution >= 0.6 is 11.3 Å². The first-order chi connectivity index (χ1) is 12.8. The molecule has 6 heteroatoms. The molecule has 0 bridgehead atoms. The van der Waals surface area contributed by atoms with Crippen LogP contribution in [0.1, 0.15) is 56.1 Å². The number of thiophene rings is 1. The molecular formula is C21H27N2O3S+. The van der Waals surface area contributed by atoms with Gasteiger partial charge in [0, 0.05) is 12.0 Å². The number of anilines is 1. The monoisotopic (exact) mass is 387 g/mol. The zero-order valence-corrected chi connectivity index (χ0v) is 17.4. The van der Waals surface area contributed by atoms with Crippen molar-refractivity contribution < 1.29 is 19.2 Å². The number of quaternary nitrogens is 1. The van der Waals surface area contributed by atoms with E-state index < -0.39 is 0 Å². The van der Waals surface area contributed by atoms with Gasteiger partial charge in [-0.05, 0) is 44.9 Å². The Balaban J connectivity index is 1.95. The van der Waals surface area contributed by atoms with E-state index in [1.807, 2.05) is 32.0 Å². The highest BCUT2D eigenvalue weighted by Crippen LogP contribution is 2.35. The van der Waals surface area contributed by atoms with Crippen LogP contribution in [0.2, 0.25) is 0 Å². The predicted molar refractivity (Wildman–Crippen MR) is 108 cm³/mol. The maximum Gasteiger partial charge on any atom is 0.341 e. The minimum Gasteiger partial charge on any atom is -0.465 e. The van der Waals surface area contributed by atoms with Crippen LogP contribution in [0, 0.1) is 13.8 Å². The fraction of sp³-hybridized carbons (Fsp3) is 0.429. The number of benzene rings is 1. The molecule has 27 heavy (non-hydrogen) atoms. The Morgan fingerprint density at radius 3 is 2.63 bits per heavy atom. The van der Waals surface area contributed by atoms with Gasteiger partial charge in [0.1, 0.15) is 11.5 Å². The molecule has 5 nitrogen and oxygen atoms in total.